The SMILES string of the molecule is CI(C(C)(C)C)C(F)(F)F. The molecule has 0 aromatic rings. The van der Waals surface area contributed by atoms with E-state index < -0.39 is 27.4 Å². The van der Waals surface area contributed by atoms with Gasteiger partial charge in [-0.15, -0.1) is 0 Å². The summed E-state index contributed by atoms with van der Waals surface area (Å²) >= 11 is -2.75. The summed E-state index contributed by atoms with van der Waals surface area (Å²) in [6, 6.07) is 0. The van der Waals surface area contributed by atoms with Crippen LogP contribution in [0.2, 0.25) is 0 Å². The van der Waals surface area contributed by atoms with Crippen molar-refractivity contribution in [1.29, 1.82) is 0 Å². The third-order valence-corrected chi connectivity index (χ3v) is 7.86. The Bertz CT molecular complexity index is 97.1. The molecule has 0 heterocycles. The quantitative estimate of drug-likeness (QED) is 0.466. The summed E-state index contributed by atoms with van der Waals surface area (Å²) in [6.45, 7) is 4.97. The van der Waals surface area contributed by atoms with Gasteiger partial charge in [0.1, 0.15) is 0 Å². The first-order valence-corrected chi connectivity index (χ1v) is 7.14. The van der Waals surface area contributed by atoms with Crippen molar-refractivity contribution in [3.8, 4) is 0 Å². The van der Waals surface area contributed by atoms with Crippen molar-refractivity contribution >= 4 is 19.8 Å². The van der Waals surface area contributed by atoms with Gasteiger partial charge in [0.15, 0.2) is 0 Å². The molecule has 0 spiro atoms. The molecule has 0 radical (unpaired) electrons. The standard InChI is InChI=1S/C6H12F3I/c1-5(2,3)10(4)6(7,8)9/h1-4H3. The van der Waals surface area contributed by atoms with E-state index in [1.54, 1.807) is 20.8 Å². The van der Waals surface area contributed by atoms with E-state index in [1.807, 2.05) is 0 Å². The predicted octanol–water partition coefficient (Wildman–Crippen LogP) is 3.44. The van der Waals surface area contributed by atoms with Gasteiger partial charge >= 0.3 is 66.3 Å². The number of hydrogen-bond acceptors (Lipinski definition) is 0. The molecular formula is C6H12F3I. The minimum atomic E-state index is -3.90. The molecule has 0 amide bonds. The maximum absolute atomic E-state index is 12.0. The second-order valence-electron chi connectivity index (χ2n) is 2.97. The van der Waals surface area contributed by atoms with Crippen LogP contribution in [0, 0.1) is 0 Å². The first kappa shape index (κ1) is 10.5. The summed E-state index contributed by atoms with van der Waals surface area (Å²) in [6.07, 6.45) is 0. The molecular weight excluding hydrogens is 256 g/mol. The molecule has 0 rings (SSSR count). The van der Waals surface area contributed by atoms with Crippen molar-refractivity contribution in [2.75, 3.05) is 4.93 Å². The molecule has 64 valence electrons. The van der Waals surface area contributed by atoms with Crippen LogP contribution in [0.5, 0.6) is 0 Å². The van der Waals surface area contributed by atoms with Crippen molar-refractivity contribution in [3.63, 3.8) is 0 Å². The summed E-state index contributed by atoms with van der Waals surface area (Å²) in [5.41, 5.74) is 0. The van der Waals surface area contributed by atoms with Crippen LogP contribution in [-0.4, -0.2) is 12.5 Å². The molecule has 4 heteroatoms. The van der Waals surface area contributed by atoms with E-state index in [-0.39, 0.29) is 0 Å². The molecule has 0 aliphatic heterocycles. The molecule has 0 bridgehead atoms. The van der Waals surface area contributed by atoms with Crippen molar-refractivity contribution in [3.05, 3.63) is 0 Å². The number of halogens is 4. The van der Waals surface area contributed by atoms with Gasteiger partial charge in [-0.05, 0) is 0 Å². The summed E-state index contributed by atoms with van der Waals surface area (Å²) < 4.78 is 31.6. The van der Waals surface area contributed by atoms with E-state index in [1.165, 1.54) is 4.93 Å². The van der Waals surface area contributed by atoms with Gasteiger partial charge in [-0.2, -0.15) is 0 Å². The first-order valence-electron chi connectivity index (χ1n) is 2.82. The Hall–Kier alpha value is 0.520. The second-order valence-corrected chi connectivity index (χ2v) is 10.1. The Kier molecular flexibility index (Phi) is 3.02. The Morgan fingerprint density at radius 3 is 1.30 bits per heavy atom. The van der Waals surface area contributed by atoms with Crippen molar-refractivity contribution in [2.24, 2.45) is 0 Å². The Morgan fingerprint density at radius 1 is 1.00 bits per heavy atom. The van der Waals surface area contributed by atoms with E-state index in [2.05, 4.69) is 0 Å². The predicted molar refractivity (Wildman–Crippen MR) is 45.8 cm³/mol. The Balaban J connectivity index is 4.23. The zero-order valence-corrected chi connectivity index (χ0v) is 8.67. The third kappa shape index (κ3) is 3.07. The van der Waals surface area contributed by atoms with Crippen LogP contribution in [0.1, 0.15) is 20.8 Å². The van der Waals surface area contributed by atoms with Crippen LogP contribution in [-0.2, 0) is 0 Å². The summed E-state index contributed by atoms with van der Waals surface area (Å²) in [5, 5.41) is 0. The van der Waals surface area contributed by atoms with Gasteiger partial charge in [-0.1, -0.05) is 0 Å². The van der Waals surface area contributed by atoms with E-state index in [4.69, 9.17) is 0 Å². The molecule has 10 heavy (non-hydrogen) atoms. The van der Waals surface area contributed by atoms with Crippen LogP contribution >= 0.6 is 19.8 Å². The molecule has 0 unspecified atom stereocenters. The van der Waals surface area contributed by atoms with Crippen molar-refractivity contribution < 1.29 is 13.2 Å². The number of rotatable bonds is 0. The molecule has 0 aliphatic carbocycles. The van der Waals surface area contributed by atoms with E-state index in [9.17, 15) is 13.2 Å². The van der Waals surface area contributed by atoms with Gasteiger partial charge in [0.2, 0.25) is 0 Å². The van der Waals surface area contributed by atoms with E-state index in [0.717, 1.165) is 0 Å². The molecule has 0 saturated heterocycles. The molecule has 0 N–H and O–H groups in total. The summed E-state index contributed by atoms with van der Waals surface area (Å²) in [7, 11) is 0. The fourth-order valence-corrected chi connectivity index (χ4v) is 2.16. The topological polar surface area (TPSA) is 0 Å². The minimum absolute atomic E-state index is 0.526. The van der Waals surface area contributed by atoms with Crippen molar-refractivity contribution in [1.82, 2.24) is 0 Å². The summed E-state index contributed by atoms with van der Waals surface area (Å²) in [5.74, 6) is 0. The molecule has 0 saturated carbocycles. The molecule has 0 aromatic heterocycles. The van der Waals surface area contributed by atoms with Gasteiger partial charge in [0.25, 0.3) is 0 Å². The normalized spacial score (nSPS) is 15.3. The Morgan fingerprint density at radius 2 is 1.30 bits per heavy atom. The van der Waals surface area contributed by atoms with E-state index >= 15 is 0 Å². The van der Waals surface area contributed by atoms with Crippen LogP contribution < -0.4 is 0 Å². The second kappa shape index (κ2) is 2.87. The van der Waals surface area contributed by atoms with Gasteiger partial charge < -0.3 is 0 Å². The monoisotopic (exact) mass is 268 g/mol. The Labute approximate surface area is 66.6 Å². The summed E-state index contributed by atoms with van der Waals surface area (Å²) in [4.78, 5) is 1.36. The molecule has 0 nitrogen and oxygen atoms in total. The van der Waals surface area contributed by atoms with Crippen LogP contribution in [0.15, 0.2) is 0 Å². The van der Waals surface area contributed by atoms with E-state index in [0.29, 0.717) is 0 Å². The van der Waals surface area contributed by atoms with Crippen molar-refractivity contribution in [2.45, 2.75) is 28.4 Å². The van der Waals surface area contributed by atoms with Gasteiger partial charge in [-0.25, -0.2) is 0 Å². The molecule has 0 aromatic carbocycles. The van der Waals surface area contributed by atoms with Crippen LogP contribution in [0.3, 0.4) is 0 Å². The fraction of sp³-hybridized carbons (Fsp3) is 1.00. The average Bonchev–Trinajstić information content (AvgIpc) is 1.59. The third-order valence-electron chi connectivity index (χ3n) is 1.17. The fourth-order valence-electron chi connectivity index (χ4n) is 0.321. The van der Waals surface area contributed by atoms with Crippen LogP contribution in [0.25, 0.3) is 0 Å². The molecule has 0 atom stereocenters. The van der Waals surface area contributed by atoms with Gasteiger partial charge in [-0.3, -0.25) is 0 Å². The number of alkyl halides is 6. The van der Waals surface area contributed by atoms with Gasteiger partial charge in [0, 0.05) is 0 Å². The molecule has 0 aliphatic rings. The first-order chi connectivity index (χ1) is 4.15. The average molecular weight is 268 g/mol. The zero-order valence-electron chi connectivity index (χ0n) is 6.51. The zero-order chi connectivity index (χ0) is 8.58. The molecule has 0 fully saturated rings. The maximum atomic E-state index is 12.0. The number of hydrogen-bond donors (Lipinski definition) is 0. The van der Waals surface area contributed by atoms with Gasteiger partial charge in [0.05, 0.1) is 0 Å². The van der Waals surface area contributed by atoms with Crippen LogP contribution in [0.4, 0.5) is 13.2 Å².